The van der Waals surface area contributed by atoms with Crippen molar-refractivity contribution in [3.63, 3.8) is 0 Å². The quantitative estimate of drug-likeness (QED) is 0.648. The number of rotatable bonds is 5. The minimum absolute atomic E-state index is 0.0223. The van der Waals surface area contributed by atoms with E-state index in [2.05, 4.69) is 9.80 Å². The molecule has 0 aromatic heterocycles. The van der Waals surface area contributed by atoms with Gasteiger partial charge in [0.2, 0.25) is 0 Å². The lowest BCUT2D eigenvalue weighted by atomic mass is 10.1. The van der Waals surface area contributed by atoms with E-state index in [0.717, 1.165) is 45.3 Å². The summed E-state index contributed by atoms with van der Waals surface area (Å²) < 4.78 is 39.0. The number of hydrogen-bond donors (Lipinski definition) is 0. The maximum Gasteiger partial charge on any atom is 0.416 e. The molecule has 2 aromatic carbocycles. The zero-order valence-corrected chi connectivity index (χ0v) is 19.2. The number of anilines is 1. The van der Waals surface area contributed by atoms with Gasteiger partial charge in [0.15, 0.2) is 0 Å². The largest absolute Gasteiger partial charge is 0.416 e. The fourth-order valence-corrected chi connectivity index (χ4v) is 4.59. The summed E-state index contributed by atoms with van der Waals surface area (Å²) in [4.78, 5) is 21.3. The Hall–Kier alpha value is -2.29. The maximum absolute atomic E-state index is 13.0. The number of carbonyl (C=O) groups excluding carboxylic acids is 1. The molecule has 178 valence electrons. The molecular weight excluding hydrogens is 453 g/mol. The third-order valence-electron chi connectivity index (χ3n) is 6.41. The average Bonchev–Trinajstić information content (AvgIpc) is 2.83. The molecule has 4 rings (SSSR count). The van der Waals surface area contributed by atoms with Crippen LogP contribution in [0.5, 0.6) is 0 Å². The van der Waals surface area contributed by atoms with Gasteiger partial charge in [0.05, 0.1) is 16.1 Å². The fourth-order valence-electron chi connectivity index (χ4n) is 4.37. The van der Waals surface area contributed by atoms with Crippen LogP contribution in [-0.2, 0) is 6.18 Å². The first kappa shape index (κ1) is 23.9. The average molecular weight is 481 g/mol. The Bertz CT molecular complexity index is 955. The van der Waals surface area contributed by atoms with E-state index in [9.17, 15) is 18.0 Å². The minimum Gasteiger partial charge on any atom is -0.369 e. The summed E-state index contributed by atoms with van der Waals surface area (Å²) in [5.41, 5.74) is 0.574. The smallest absolute Gasteiger partial charge is 0.369 e. The van der Waals surface area contributed by atoms with E-state index in [1.54, 1.807) is 18.2 Å². The molecule has 0 unspecified atom stereocenters. The lowest BCUT2D eigenvalue weighted by molar-refractivity contribution is -0.137. The van der Waals surface area contributed by atoms with Gasteiger partial charge in [0, 0.05) is 71.1 Å². The highest BCUT2D eigenvalue weighted by molar-refractivity contribution is 6.33. The van der Waals surface area contributed by atoms with Crippen LogP contribution in [-0.4, -0.2) is 86.1 Å². The Balaban J connectivity index is 1.20. The first-order valence-electron chi connectivity index (χ1n) is 11.2. The van der Waals surface area contributed by atoms with Gasteiger partial charge in [-0.2, -0.15) is 13.2 Å². The Kier molecular flexibility index (Phi) is 7.46. The molecule has 0 atom stereocenters. The van der Waals surface area contributed by atoms with Crippen molar-refractivity contribution >= 4 is 23.2 Å². The second-order valence-electron chi connectivity index (χ2n) is 8.49. The van der Waals surface area contributed by atoms with Crippen molar-refractivity contribution in [1.29, 1.82) is 0 Å². The van der Waals surface area contributed by atoms with Gasteiger partial charge < -0.3 is 9.80 Å². The molecule has 0 N–H and O–H groups in total. The summed E-state index contributed by atoms with van der Waals surface area (Å²) in [7, 11) is 0. The van der Waals surface area contributed by atoms with Crippen LogP contribution in [0.3, 0.4) is 0 Å². The van der Waals surface area contributed by atoms with Crippen LogP contribution in [0.2, 0.25) is 5.02 Å². The molecule has 2 heterocycles. The molecule has 0 bridgehead atoms. The summed E-state index contributed by atoms with van der Waals surface area (Å²) in [5.74, 6) is -0.0223. The van der Waals surface area contributed by atoms with Crippen molar-refractivity contribution < 1.29 is 18.0 Å². The number of alkyl halides is 3. The zero-order valence-electron chi connectivity index (χ0n) is 18.4. The summed E-state index contributed by atoms with van der Waals surface area (Å²) in [5, 5.41) is 0.481. The molecule has 9 heteroatoms. The maximum atomic E-state index is 13.0. The molecule has 0 radical (unpaired) electrons. The van der Waals surface area contributed by atoms with Crippen molar-refractivity contribution in [3.05, 3.63) is 64.7 Å². The summed E-state index contributed by atoms with van der Waals surface area (Å²) in [6.45, 7) is 7.87. The highest BCUT2D eigenvalue weighted by Crippen LogP contribution is 2.31. The molecule has 0 saturated carbocycles. The van der Waals surface area contributed by atoms with E-state index in [1.165, 1.54) is 12.1 Å². The normalized spacial score (nSPS) is 18.5. The second kappa shape index (κ2) is 10.3. The van der Waals surface area contributed by atoms with Crippen LogP contribution in [0.25, 0.3) is 0 Å². The molecule has 2 aromatic rings. The molecule has 0 spiro atoms. The summed E-state index contributed by atoms with van der Waals surface area (Å²) >= 11 is 6.16. The van der Waals surface area contributed by atoms with Gasteiger partial charge in [-0.1, -0.05) is 29.8 Å². The van der Waals surface area contributed by atoms with E-state index >= 15 is 0 Å². The lowest BCUT2D eigenvalue weighted by Gasteiger charge is -2.39. The minimum atomic E-state index is -4.32. The predicted octanol–water partition coefficient (Wildman–Crippen LogP) is 3.94. The first-order chi connectivity index (χ1) is 15.8. The van der Waals surface area contributed by atoms with E-state index < -0.39 is 11.7 Å². The SMILES string of the molecule is O=C(c1ccccc1Cl)N1CCN(CCN2CCN(c3cccc(C(F)(F)F)c3)CC2)CC1. The zero-order chi connectivity index (χ0) is 23.4. The van der Waals surface area contributed by atoms with Crippen LogP contribution < -0.4 is 4.90 Å². The topological polar surface area (TPSA) is 30.0 Å². The number of carbonyl (C=O) groups is 1. The third kappa shape index (κ3) is 5.99. The summed E-state index contributed by atoms with van der Waals surface area (Å²) in [6, 6.07) is 12.7. The number of halogens is 4. The van der Waals surface area contributed by atoms with E-state index in [1.807, 2.05) is 21.9 Å². The Morgan fingerprint density at radius 2 is 1.42 bits per heavy atom. The van der Waals surface area contributed by atoms with Crippen molar-refractivity contribution in [1.82, 2.24) is 14.7 Å². The van der Waals surface area contributed by atoms with Gasteiger partial charge in [-0.25, -0.2) is 0 Å². The molecule has 33 heavy (non-hydrogen) atoms. The predicted molar refractivity (Wildman–Crippen MR) is 124 cm³/mol. The van der Waals surface area contributed by atoms with Crippen molar-refractivity contribution in [3.8, 4) is 0 Å². The van der Waals surface area contributed by atoms with Gasteiger partial charge in [-0.05, 0) is 30.3 Å². The Morgan fingerprint density at radius 3 is 2.03 bits per heavy atom. The Morgan fingerprint density at radius 1 is 0.818 bits per heavy atom. The third-order valence-corrected chi connectivity index (χ3v) is 6.74. The number of piperazine rings is 2. The van der Waals surface area contributed by atoms with Gasteiger partial charge in [-0.15, -0.1) is 0 Å². The molecule has 0 aliphatic carbocycles. The molecule has 2 aliphatic heterocycles. The highest BCUT2D eigenvalue weighted by atomic mass is 35.5. The van der Waals surface area contributed by atoms with E-state index in [4.69, 9.17) is 11.6 Å². The second-order valence-corrected chi connectivity index (χ2v) is 8.90. The van der Waals surface area contributed by atoms with Gasteiger partial charge in [-0.3, -0.25) is 14.6 Å². The van der Waals surface area contributed by atoms with Gasteiger partial charge in [0.1, 0.15) is 0 Å². The van der Waals surface area contributed by atoms with Crippen LogP contribution >= 0.6 is 11.6 Å². The fraction of sp³-hybridized carbons (Fsp3) is 0.458. The van der Waals surface area contributed by atoms with Crippen molar-refractivity contribution in [2.24, 2.45) is 0 Å². The van der Waals surface area contributed by atoms with E-state index in [-0.39, 0.29) is 5.91 Å². The standard InChI is InChI=1S/C24H28ClF3N4O/c25-22-7-2-1-6-21(22)23(33)32-16-12-30(13-17-32)9-8-29-10-14-31(15-11-29)20-5-3-4-19(18-20)24(26,27)28/h1-7,18H,8-17H2. The molecule has 1 amide bonds. The lowest BCUT2D eigenvalue weighted by Crippen LogP contribution is -2.52. The van der Waals surface area contributed by atoms with Gasteiger partial charge >= 0.3 is 6.18 Å². The molecule has 2 saturated heterocycles. The van der Waals surface area contributed by atoms with Gasteiger partial charge in [0.25, 0.3) is 5.91 Å². The monoisotopic (exact) mass is 480 g/mol. The number of amides is 1. The van der Waals surface area contributed by atoms with Crippen molar-refractivity contribution in [2.45, 2.75) is 6.18 Å². The molecular formula is C24H28ClF3N4O. The van der Waals surface area contributed by atoms with E-state index in [0.29, 0.717) is 42.5 Å². The Labute approximate surface area is 197 Å². The molecule has 2 aliphatic rings. The van der Waals surface area contributed by atoms with Crippen LogP contribution in [0.4, 0.5) is 18.9 Å². The van der Waals surface area contributed by atoms with Crippen LogP contribution in [0.1, 0.15) is 15.9 Å². The number of benzene rings is 2. The van der Waals surface area contributed by atoms with Crippen LogP contribution in [0, 0.1) is 0 Å². The first-order valence-corrected chi connectivity index (χ1v) is 11.6. The summed E-state index contributed by atoms with van der Waals surface area (Å²) in [6.07, 6.45) is -4.32. The number of hydrogen-bond acceptors (Lipinski definition) is 4. The van der Waals surface area contributed by atoms with Crippen LogP contribution in [0.15, 0.2) is 48.5 Å². The number of nitrogens with zero attached hydrogens (tertiary/aromatic N) is 4. The molecule has 2 fully saturated rings. The highest BCUT2D eigenvalue weighted by Gasteiger charge is 2.31. The molecule has 5 nitrogen and oxygen atoms in total. The van der Waals surface area contributed by atoms with Crippen molar-refractivity contribution in [2.75, 3.05) is 70.3 Å².